The van der Waals surface area contributed by atoms with E-state index in [0.29, 0.717) is 32.5 Å². The van der Waals surface area contributed by atoms with Crippen molar-refractivity contribution in [2.45, 2.75) is 57.7 Å². The molecule has 3 rings (SSSR count). The summed E-state index contributed by atoms with van der Waals surface area (Å²) in [4.78, 5) is 40.6. The summed E-state index contributed by atoms with van der Waals surface area (Å²) in [6, 6.07) is 9.64. The third-order valence-corrected chi connectivity index (χ3v) is 6.21. The lowest BCUT2D eigenvalue weighted by Crippen LogP contribution is -2.49. The smallest absolute Gasteiger partial charge is 0.245 e. The maximum absolute atomic E-state index is 12.8. The van der Waals surface area contributed by atoms with Gasteiger partial charge in [-0.25, -0.2) is 0 Å². The number of hydrogen-bond acceptors (Lipinski definition) is 4. The molecular formula is C23H33N3O4. The van der Waals surface area contributed by atoms with Crippen LogP contribution in [-0.4, -0.2) is 66.5 Å². The van der Waals surface area contributed by atoms with Crippen LogP contribution in [0.3, 0.4) is 0 Å². The van der Waals surface area contributed by atoms with Crippen LogP contribution in [0.5, 0.6) is 0 Å². The van der Waals surface area contributed by atoms with Crippen LogP contribution in [0.15, 0.2) is 30.3 Å². The Hall–Kier alpha value is -2.41. The number of nitrogens with zero attached hydrogens (tertiary/aromatic N) is 2. The first-order chi connectivity index (χ1) is 14.5. The highest BCUT2D eigenvalue weighted by Gasteiger charge is 2.36. The van der Waals surface area contributed by atoms with Gasteiger partial charge in [0.1, 0.15) is 12.3 Å². The van der Waals surface area contributed by atoms with Gasteiger partial charge in [-0.15, -0.1) is 0 Å². The number of rotatable bonds is 7. The summed E-state index contributed by atoms with van der Waals surface area (Å²) in [5.41, 5.74) is 1.11. The molecule has 7 nitrogen and oxygen atoms in total. The van der Waals surface area contributed by atoms with Crippen LogP contribution < -0.4 is 5.32 Å². The average Bonchev–Trinajstić information content (AvgIpc) is 3.24. The quantitative estimate of drug-likeness (QED) is 0.691. The van der Waals surface area contributed by atoms with Crippen LogP contribution in [0.25, 0.3) is 0 Å². The van der Waals surface area contributed by atoms with Gasteiger partial charge in [0.05, 0.1) is 0 Å². The predicted octanol–water partition coefficient (Wildman–Crippen LogP) is 1.96. The number of piperidine rings is 1. The summed E-state index contributed by atoms with van der Waals surface area (Å²) in [7, 11) is 1.60. The van der Waals surface area contributed by atoms with Gasteiger partial charge < -0.3 is 19.9 Å². The molecule has 30 heavy (non-hydrogen) atoms. The monoisotopic (exact) mass is 415 g/mol. The van der Waals surface area contributed by atoms with Gasteiger partial charge in [-0.1, -0.05) is 30.3 Å². The minimum absolute atomic E-state index is 0.0129. The zero-order valence-corrected chi connectivity index (χ0v) is 18.0. The van der Waals surface area contributed by atoms with Crippen molar-refractivity contribution in [1.29, 1.82) is 0 Å². The van der Waals surface area contributed by atoms with E-state index in [9.17, 15) is 14.4 Å². The molecule has 0 spiro atoms. The Morgan fingerprint density at radius 2 is 1.80 bits per heavy atom. The molecule has 1 aromatic rings. The summed E-state index contributed by atoms with van der Waals surface area (Å²) in [6.07, 6.45) is 3.98. The Kier molecular flexibility index (Phi) is 7.85. The summed E-state index contributed by atoms with van der Waals surface area (Å²) >= 11 is 0. The SMILES string of the molecule is CO[C@H](Cc1ccccc1)NC(=O)CC1CCN(C(=O)[C@@H]2CCCN2C(C)=O)CC1. The summed E-state index contributed by atoms with van der Waals surface area (Å²) in [6.45, 7) is 3.50. The molecule has 7 heteroatoms. The summed E-state index contributed by atoms with van der Waals surface area (Å²) in [5.74, 6) is 0.283. The third kappa shape index (κ3) is 5.81. The second kappa shape index (κ2) is 10.6. The number of ether oxygens (including phenoxy) is 1. The molecule has 0 bridgehead atoms. The molecule has 3 amide bonds. The first kappa shape index (κ1) is 22.3. The lowest BCUT2D eigenvalue weighted by Gasteiger charge is -2.35. The highest BCUT2D eigenvalue weighted by atomic mass is 16.5. The largest absolute Gasteiger partial charge is 0.361 e. The van der Waals surface area contributed by atoms with Crippen molar-refractivity contribution in [3.05, 3.63) is 35.9 Å². The van der Waals surface area contributed by atoms with Crippen molar-refractivity contribution >= 4 is 17.7 Å². The molecule has 1 aromatic carbocycles. The lowest BCUT2D eigenvalue weighted by atomic mass is 9.92. The standard InChI is InChI=1S/C23H33N3O4/c1-17(27)26-12-6-9-20(26)23(29)25-13-10-19(11-14-25)15-21(28)24-22(30-2)16-18-7-4-3-5-8-18/h3-5,7-8,19-20,22H,6,9-16H2,1-2H3,(H,24,28)/t20-,22+/m0/s1. The van der Waals surface area contributed by atoms with E-state index in [1.165, 1.54) is 6.92 Å². The molecule has 1 N–H and O–H groups in total. The van der Waals surface area contributed by atoms with E-state index in [0.717, 1.165) is 31.2 Å². The molecule has 0 saturated carbocycles. The van der Waals surface area contributed by atoms with Crippen molar-refractivity contribution < 1.29 is 19.1 Å². The van der Waals surface area contributed by atoms with E-state index in [2.05, 4.69) is 5.32 Å². The molecule has 2 saturated heterocycles. The molecule has 0 aliphatic carbocycles. The molecule has 0 aromatic heterocycles. The Bertz CT molecular complexity index is 731. The zero-order valence-electron chi connectivity index (χ0n) is 18.0. The molecule has 2 aliphatic rings. The minimum atomic E-state index is -0.346. The summed E-state index contributed by atoms with van der Waals surface area (Å²) in [5, 5.41) is 2.97. The van der Waals surface area contributed by atoms with Crippen LogP contribution in [-0.2, 0) is 25.5 Å². The first-order valence-corrected chi connectivity index (χ1v) is 10.9. The molecule has 2 atom stereocenters. The number of amides is 3. The van der Waals surface area contributed by atoms with Crippen molar-refractivity contribution in [3.63, 3.8) is 0 Å². The number of carbonyl (C=O) groups excluding carboxylic acids is 3. The number of benzene rings is 1. The van der Waals surface area contributed by atoms with Gasteiger partial charge in [0.25, 0.3) is 0 Å². The Morgan fingerprint density at radius 1 is 1.10 bits per heavy atom. The number of hydrogen-bond donors (Lipinski definition) is 1. The lowest BCUT2D eigenvalue weighted by molar-refractivity contribution is -0.143. The third-order valence-electron chi connectivity index (χ3n) is 6.21. The first-order valence-electron chi connectivity index (χ1n) is 10.9. The van der Waals surface area contributed by atoms with E-state index < -0.39 is 0 Å². The van der Waals surface area contributed by atoms with Gasteiger partial charge in [0.2, 0.25) is 17.7 Å². The molecule has 0 unspecified atom stereocenters. The maximum Gasteiger partial charge on any atom is 0.245 e. The zero-order chi connectivity index (χ0) is 21.5. The molecule has 2 aliphatic heterocycles. The van der Waals surface area contributed by atoms with E-state index in [4.69, 9.17) is 4.74 Å². The maximum atomic E-state index is 12.8. The minimum Gasteiger partial charge on any atom is -0.361 e. The molecule has 164 valence electrons. The number of nitrogens with one attached hydrogen (secondary N) is 1. The van der Waals surface area contributed by atoms with Crippen LogP contribution in [0.4, 0.5) is 0 Å². The van der Waals surface area contributed by atoms with Gasteiger partial charge in [-0.3, -0.25) is 14.4 Å². The fraction of sp³-hybridized carbons (Fsp3) is 0.609. The van der Waals surface area contributed by atoms with Crippen LogP contribution in [0, 0.1) is 5.92 Å². The highest BCUT2D eigenvalue weighted by Crippen LogP contribution is 2.25. The fourth-order valence-corrected chi connectivity index (χ4v) is 4.49. The van der Waals surface area contributed by atoms with E-state index in [-0.39, 0.29) is 35.9 Å². The van der Waals surface area contributed by atoms with Crippen LogP contribution in [0.2, 0.25) is 0 Å². The normalized spacial score (nSPS) is 20.8. The van der Waals surface area contributed by atoms with Crippen molar-refractivity contribution in [3.8, 4) is 0 Å². The van der Waals surface area contributed by atoms with Crippen LogP contribution >= 0.6 is 0 Å². The van der Waals surface area contributed by atoms with Gasteiger partial charge in [-0.2, -0.15) is 0 Å². The molecular weight excluding hydrogens is 382 g/mol. The molecule has 2 heterocycles. The summed E-state index contributed by atoms with van der Waals surface area (Å²) < 4.78 is 5.43. The Morgan fingerprint density at radius 3 is 2.43 bits per heavy atom. The number of carbonyl (C=O) groups is 3. The highest BCUT2D eigenvalue weighted by molar-refractivity contribution is 5.87. The molecule has 0 radical (unpaired) electrons. The average molecular weight is 416 g/mol. The van der Waals surface area contributed by atoms with Crippen molar-refractivity contribution in [2.75, 3.05) is 26.7 Å². The second-order valence-corrected chi connectivity index (χ2v) is 8.32. The van der Waals surface area contributed by atoms with Gasteiger partial charge in [0.15, 0.2) is 0 Å². The Balaban J connectivity index is 1.43. The number of methoxy groups -OCH3 is 1. The second-order valence-electron chi connectivity index (χ2n) is 8.32. The van der Waals surface area contributed by atoms with Crippen LogP contribution in [0.1, 0.15) is 44.6 Å². The van der Waals surface area contributed by atoms with Crippen molar-refractivity contribution in [1.82, 2.24) is 15.1 Å². The topological polar surface area (TPSA) is 79.0 Å². The van der Waals surface area contributed by atoms with E-state index in [1.54, 1.807) is 12.0 Å². The fourth-order valence-electron chi connectivity index (χ4n) is 4.49. The van der Waals surface area contributed by atoms with E-state index >= 15 is 0 Å². The predicted molar refractivity (Wildman–Crippen MR) is 113 cm³/mol. The van der Waals surface area contributed by atoms with Crippen molar-refractivity contribution in [2.24, 2.45) is 5.92 Å². The van der Waals surface area contributed by atoms with Gasteiger partial charge in [-0.05, 0) is 37.2 Å². The van der Waals surface area contributed by atoms with Gasteiger partial charge >= 0.3 is 0 Å². The van der Waals surface area contributed by atoms with E-state index in [1.807, 2.05) is 35.2 Å². The number of likely N-dealkylation sites (tertiary alicyclic amines) is 2. The molecule has 2 fully saturated rings. The van der Waals surface area contributed by atoms with Gasteiger partial charge in [0, 0.05) is 46.5 Å². The Labute approximate surface area is 178 Å².